The number of hydrogen-bond acceptors (Lipinski definition) is 2. The topological polar surface area (TPSA) is 21.3 Å². The summed E-state index contributed by atoms with van der Waals surface area (Å²) in [7, 11) is 0. The van der Waals surface area contributed by atoms with Crippen molar-refractivity contribution in [2.75, 3.05) is 19.7 Å². The smallest absolute Gasteiger partial charge is 0.137 e. The maximum atomic E-state index is 5.97. The number of nitrogens with one attached hydrogen (secondary N) is 1. The third kappa shape index (κ3) is 5.38. The second-order valence-electron chi connectivity index (χ2n) is 4.23. The predicted octanol–water partition coefficient (Wildman–Crippen LogP) is 3.35. The molecule has 1 aromatic carbocycles. The van der Waals surface area contributed by atoms with Crippen LogP contribution in [0.1, 0.15) is 20.3 Å². The molecule has 0 bridgehead atoms. The van der Waals surface area contributed by atoms with Crippen LogP contribution in [-0.2, 0) is 0 Å². The molecular weight excluding hydrogens is 222 g/mol. The Morgan fingerprint density at radius 3 is 2.75 bits per heavy atom. The number of para-hydroxylation sites is 1. The Morgan fingerprint density at radius 2 is 2.06 bits per heavy atom. The van der Waals surface area contributed by atoms with E-state index in [1.807, 2.05) is 24.3 Å². The van der Waals surface area contributed by atoms with Gasteiger partial charge in [-0.2, -0.15) is 0 Å². The highest BCUT2D eigenvalue weighted by Gasteiger charge is 1.98. The van der Waals surface area contributed by atoms with Crippen molar-refractivity contribution in [2.45, 2.75) is 20.3 Å². The van der Waals surface area contributed by atoms with Gasteiger partial charge < -0.3 is 10.1 Å². The molecule has 0 atom stereocenters. The summed E-state index contributed by atoms with van der Waals surface area (Å²) < 4.78 is 5.57. The largest absolute Gasteiger partial charge is 0.492 e. The second-order valence-corrected chi connectivity index (χ2v) is 4.64. The molecule has 1 rings (SSSR count). The van der Waals surface area contributed by atoms with Crippen LogP contribution in [0, 0.1) is 5.92 Å². The van der Waals surface area contributed by atoms with Crippen LogP contribution in [0.2, 0.25) is 5.02 Å². The van der Waals surface area contributed by atoms with Gasteiger partial charge in [-0.25, -0.2) is 0 Å². The molecule has 0 saturated heterocycles. The van der Waals surface area contributed by atoms with Gasteiger partial charge in [-0.3, -0.25) is 0 Å². The third-order valence-corrected chi connectivity index (χ3v) is 2.46. The molecule has 2 nitrogen and oxygen atoms in total. The highest BCUT2D eigenvalue weighted by molar-refractivity contribution is 6.32. The molecule has 3 heteroatoms. The highest BCUT2D eigenvalue weighted by atomic mass is 35.5. The molecule has 16 heavy (non-hydrogen) atoms. The normalized spacial score (nSPS) is 10.8. The van der Waals surface area contributed by atoms with E-state index in [0.717, 1.165) is 25.3 Å². The summed E-state index contributed by atoms with van der Waals surface area (Å²) in [6, 6.07) is 7.56. The Balaban J connectivity index is 2.10. The molecular formula is C13H20ClNO. The van der Waals surface area contributed by atoms with Crippen molar-refractivity contribution in [2.24, 2.45) is 5.92 Å². The van der Waals surface area contributed by atoms with E-state index in [4.69, 9.17) is 16.3 Å². The summed E-state index contributed by atoms with van der Waals surface area (Å²) in [4.78, 5) is 0. The second kappa shape index (κ2) is 7.53. The van der Waals surface area contributed by atoms with Crippen molar-refractivity contribution in [3.8, 4) is 5.75 Å². The summed E-state index contributed by atoms with van der Waals surface area (Å²) in [6.07, 6.45) is 0.998. The van der Waals surface area contributed by atoms with Crippen LogP contribution in [-0.4, -0.2) is 19.7 Å². The average Bonchev–Trinajstić information content (AvgIpc) is 2.25. The molecule has 0 aromatic heterocycles. The fourth-order valence-electron chi connectivity index (χ4n) is 1.33. The molecule has 0 aliphatic heterocycles. The van der Waals surface area contributed by atoms with Gasteiger partial charge in [0.05, 0.1) is 11.6 Å². The maximum absolute atomic E-state index is 5.97. The lowest BCUT2D eigenvalue weighted by atomic mass is 10.2. The lowest BCUT2D eigenvalue weighted by molar-refractivity contribution is 0.307. The third-order valence-electron chi connectivity index (χ3n) is 2.14. The van der Waals surface area contributed by atoms with Crippen LogP contribution in [0.5, 0.6) is 5.75 Å². The van der Waals surface area contributed by atoms with E-state index >= 15 is 0 Å². The first-order valence-electron chi connectivity index (χ1n) is 5.78. The molecule has 0 spiro atoms. The van der Waals surface area contributed by atoms with E-state index in [1.54, 1.807) is 0 Å². The van der Waals surface area contributed by atoms with Crippen LogP contribution in [0.25, 0.3) is 0 Å². The molecule has 90 valence electrons. The minimum atomic E-state index is 0.678. The van der Waals surface area contributed by atoms with Crippen molar-refractivity contribution >= 4 is 11.6 Å². The van der Waals surface area contributed by atoms with Gasteiger partial charge in [-0.15, -0.1) is 0 Å². The predicted molar refractivity (Wildman–Crippen MR) is 69.3 cm³/mol. The fourth-order valence-corrected chi connectivity index (χ4v) is 1.52. The van der Waals surface area contributed by atoms with Crippen molar-refractivity contribution in [1.29, 1.82) is 0 Å². The first-order valence-corrected chi connectivity index (χ1v) is 6.16. The SMILES string of the molecule is CC(C)CNCCCOc1ccccc1Cl. The summed E-state index contributed by atoms with van der Waals surface area (Å²) in [6.45, 7) is 7.16. The lowest BCUT2D eigenvalue weighted by Gasteiger charge is -2.09. The first-order chi connectivity index (χ1) is 7.70. The van der Waals surface area contributed by atoms with Crippen molar-refractivity contribution in [1.82, 2.24) is 5.32 Å². The fraction of sp³-hybridized carbons (Fsp3) is 0.538. The van der Waals surface area contributed by atoms with E-state index in [0.29, 0.717) is 17.5 Å². The van der Waals surface area contributed by atoms with Gasteiger partial charge in [0.15, 0.2) is 0 Å². The lowest BCUT2D eigenvalue weighted by Crippen LogP contribution is -2.22. The van der Waals surface area contributed by atoms with Crippen LogP contribution in [0.15, 0.2) is 24.3 Å². The Bertz CT molecular complexity index is 302. The summed E-state index contributed by atoms with van der Waals surface area (Å²) in [5.41, 5.74) is 0. The van der Waals surface area contributed by atoms with Gasteiger partial charge >= 0.3 is 0 Å². The Labute approximate surface area is 103 Å². The molecule has 1 N–H and O–H groups in total. The minimum Gasteiger partial charge on any atom is -0.492 e. The van der Waals surface area contributed by atoms with E-state index in [9.17, 15) is 0 Å². The molecule has 0 amide bonds. The average molecular weight is 242 g/mol. The molecule has 0 unspecified atom stereocenters. The van der Waals surface area contributed by atoms with E-state index < -0.39 is 0 Å². The Morgan fingerprint density at radius 1 is 1.31 bits per heavy atom. The van der Waals surface area contributed by atoms with Crippen LogP contribution < -0.4 is 10.1 Å². The number of rotatable bonds is 7. The molecule has 0 aliphatic rings. The van der Waals surface area contributed by atoms with Crippen LogP contribution >= 0.6 is 11.6 Å². The Kier molecular flexibility index (Phi) is 6.27. The maximum Gasteiger partial charge on any atom is 0.137 e. The molecule has 0 aliphatic carbocycles. The Hall–Kier alpha value is -0.730. The molecule has 0 saturated carbocycles. The van der Waals surface area contributed by atoms with Gasteiger partial charge in [-0.1, -0.05) is 37.6 Å². The zero-order valence-electron chi connectivity index (χ0n) is 10.0. The molecule has 0 heterocycles. The minimum absolute atomic E-state index is 0.678. The van der Waals surface area contributed by atoms with Gasteiger partial charge in [0, 0.05) is 0 Å². The standard InChI is InChI=1S/C13H20ClNO/c1-11(2)10-15-8-5-9-16-13-7-4-3-6-12(13)14/h3-4,6-7,11,15H,5,8-10H2,1-2H3. The summed E-state index contributed by atoms with van der Waals surface area (Å²) in [5, 5.41) is 4.05. The molecule has 0 fully saturated rings. The zero-order chi connectivity index (χ0) is 11.8. The van der Waals surface area contributed by atoms with E-state index in [-0.39, 0.29) is 0 Å². The summed E-state index contributed by atoms with van der Waals surface area (Å²) in [5.74, 6) is 1.47. The van der Waals surface area contributed by atoms with Crippen LogP contribution in [0.3, 0.4) is 0 Å². The quantitative estimate of drug-likeness (QED) is 0.740. The van der Waals surface area contributed by atoms with Crippen LogP contribution in [0.4, 0.5) is 0 Å². The highest BCUT2D eigenvalue weighted by Crippen LogP contribution is 2.22. The van der Waals surface area contributed by atoms with Gasteiger partial charge in [0.1, 0.15) is 5.75 Å². The van der Waals surface area contributed by atoms with Gasteiger partial charge in [-0.05, 0) is 37.6 Å². The van der Waals surface area contributed by atoms with Gasteiger partial charge in [0.2, 0.25) is 0 Å². The zero-order valence-corrected chi connectivity index (χ0v) is 10.8. The van der Waals surface area contributed by atoms with Gasteiger partial charge in [0.25, 0.3) is 0 Å². The molecule has 1 aromatic rings. The monoisotopic (exact) mass is 241 g/mol. The van der Waals surface area contributed by atoms with Crippen molar-refractivity contribution in [3.05, 3.63) is 29.3 Å². The van der Waals surface area contributed by atoms with E-state index in [1.165, 1.54) is 0 Å². The molecule has 0 radical (unpaired) electrons. The number of halogens is 1. The first kappa shape index (κ1) is 13.3. The van der Waals surface area contributed by atoms with E-state index in [2.05, 4.69) is 19.2 Å². The summed E-state index contributed by atoms with van der Waals surface area (Å²) >= 11 is 5.97. The number of benzene rings is 1. The number of ether oxygens (including phenoxy) is 1. The van der Waals surface area contributed by atoms with Crippen molar-refractivity contribution < 1.29 is 4.74 Å². The van der Waals surface area contributed by atoms with Crippen molar-refractivity contribution in [3.63, 3.8) is 0 Å². The number of hydrogen-bond donors (Lipinski definition) is 1.